The lowest BCUT2D eigenvalue weighted by atomic mass is 10.0. The summed E-state index contributed by atoms with van der Waals surface area (Å²) in [7, 11) is 0. The van der Waals surface area contributed by atoms with Crippen molar-refractivity contribution in [3.8, 4) is 11.3 Å². The van der Waals surface area contributed by atoms with Crippen LogP contribution < -0.4 is 10.6 Å². The van der Waals surface area contributed by atoms with E-state index >= 15 is 0 Å². The summed E-state index contributed by atoms with van der Waals surface area (Å²) in [5.74, 6) is 1.49. The minimum atomic E-state index is -0.0647. The van der Waals surface area contributed by atoms with Crippen LogP contribution in [0.3, 0.4) is 0 Å². The van der Waals surface area contributed by atoms with E-state index in [2.05, 4.69) is 51.6 Å². The maximum Gasteiger partial charge on any atom is 0.165 e. The Balaban J connectivity index is 1.25. The molecule has 0 radical (unpaired) electrons. The van der Waals surface area contributed by atoms with Gasteiger partial charge in [0, 0.05) is 46.4 Å². The van der Waals surface area contributed by atoms with E-state index in [0.29, 0.717) is 22.1 Å². The lowest BCUT2D eigenvalue weighted by molar-refractivity contribution is -0.0298. The van der Waals surface area contributed by atoms with Crippen molar-refractivity contribution in [3.05, 3.63) is 95.8 Å². The van der Waals surface area contributed by atoms with Gasteiger partial charge in [0.25, 0.3) is 0 Å². The number of aryl methyl sites for hydroxylation is 1. The average Bonchev–Trinajstić information content (AvgIpc) is 3.48. The van der Waals surface area contributed by atoms with Gasteiger partial charge in [0.1, 0.15) is 35.4 Å². The number of aromatic nitrogens is 6. The molecular formula is C33H31ClN8O. The zero-order chi connectivity index (χ0) is 29.3. The van der Waals surface area contributed by atoms with Crippen LogP contribution in [0.25, 0.3) is 33.2 Å². The molecule has 7 rings (SSSR count). The molecule has 0 bridgehead atoms. The Kier molecular flexibility index (Phi) is 7.34. The van der Waals surface area contributed by atoms with Crippen LogP contribution in [0.2, 0.25) is 5.02 Å². The highest BCUT2D eigenvalue weighted by Crippen LogP contribution is 2.37. The van der Waals surface area contributed by atoms with Crippen molar-refractivity contribution in [1.29, 1.82) is 0 Å². The first kappa shape index (κ1) is 27.2. The van der Waals surface area contributed by atoms with Crippen molar-refractivity contribution in [2.24, 2.45) is 0 Å². The average molecular weight is 591 g/mol. The summed E-state index contributed by atoms with van der Waals surface area (Å²) in [4.78, 5) is 23.4. The summed E-state index contributed by atoms with van der Waals surface area (Å²) in [5, 5.41) is 9.97. The molecule has 1 fully saturated rings. The van der Waals surface area contributed by atoms with Crippen molar-refractivity contribution < 1.29 is 4.74 Å². The van der Waals surface area contributed by atoms with Crippen LogP contribution in [0.15, 0.2) is 79.6 Å². The van der Waals surface area contributed by atoms with Crippen molar-refractivity contribution in [3.63, 3.8) is 0 Å². The predicted molar refractivity (Wildman–Crippen MR) is 171 cm³/mol. The zero-order valence-electron chi connectivity index (χ0n) is 24.0. The minimum absolute atomic E-state index is 0.0365. The van der Waals surface area contributed by atoms with Gasteiger partial charge in [-0.1, -0.05) is 35.9 Å². The molecule has 216 valence electrons. The smallest absolute Gasteiger partial charge is 0.165 e. The topological polar surface area (TPSA) is 103 Å². The third-order valence-corrected chi connectivity index (χ3v) is 8.26. The molecule has 1 aliphatic rings. The molecule has 10 heteroatoms. The number of rotatable bonds is 7. The van der Waals surface area contributed by atoms with Gasteiger partial charge in [-0.2, -0.15) is 0 Å². The minimum Gasteiger partial charge on any atom is -0.363 e. The number of hydrogen-bond donors (Lipinski definition) is 2. The summed E-state index contributed by atoms with van der Waals surface area (Å²) in [6.45, 7) is 4.94. The third kappa shape index (κ3) is 5.26. The Morgan fingerprint density at radius 1 is 0.907 bits per heavy atom. The van der Waals surface area contributed by atoms with Crippen molar-refractivity contribution in [2.75, 3.05) is 17.2 Å². The fourth-order valence-corrected chi connectivity index (χ4v) is 5.83. The maximum absolute atomic E-state index is 6.10. The molecule has 2 N–H and O–H groups in total. The van der Waals surface area contributed by atoms with Gasteiger partial charge in [-0.15, -0.1) is 0 Å². The molecule has 4 aromatic heterocycles. The summed E-state index contributed by atoms with van der Waals surface area (Å²) in [6, 6.07) is 18.1. The number of anilines is 3. The highest BCUT2D eigenvalue weighted by Gasteiger charge is 2.22. The molecule has 0 aliphatic carbocycles. The van der Waals surface area contributed by atoms with Crippen LogP contribution in [0.4, 0.5) is 17.3 Å². The first-order chi connectivity index (χ1) is 21.1. The SMILES string of the molecule is Cc1ccc2c(N[C@H](C)c3ccc(Cl)cc3)nccc2c1Nc1ncccc1-c1ncnc2c1ncn2C1CCCCO1. The molecule has 9 nitrogen and oxygen atoms in total. The van der Waals surface area contributed by atoms with Gasteiger partial charge in [0.15, 0.2) is 5.65 Å². The van der Waals surface area contributed by atoms with Crippen molar-refractivity contribution in [1.82, 2.24) is 29.5 Å². The second-order valence-electron chi connectivity index (χ2n) is 10.8. The van der Waals surface area contributed by atoms with Gasteiger partial charge >= 0.3 is 0 Å². The molecule has 2 atom stereocenters. The van der Waals surface area contributed by atoms with Crippen molar-refractivity contribution >= 4 is 50.9 Å². The van der Waals surface area contributed by atoms with E-state index in [0.717, 1.165) is 70.5 Å². The number of nitrogens with zero attached hydrogens (tertiary/aromatic N) is 6. The largest absolute Gasteiger partial charge is 0.363 e. The molecule has 6 aromatic rings. The number of benzene rings is 2. The summed E-state index contributed by atoms with van der Waals surface area (Å²) < 4.78 is 8.04. The van der Waals surface area contributed by atoms with Crippen LogP contribution in [-0.4, -0.2) is 36.1 Å². The molecule has 43 heavy (non-hydrogen) atoms. The lowest BCUT2D eigenvalue weighted by Crippen LogP contribution is -2.17. The Bertz CT molecular complexity index is 1920. The number of hydrogen-bond acceptors (Lipinski definition) is 8. The van der Waals surface area contributed by atoms with Crippen LogP contribution in [0.1, 0.15) is 49.6 Å². The molecule has 1 unspecified atom stereocenters. The first-order valence-electron chi connectivity index (χ1n) is 14.5. The van der Waals surface area contributed by atoms with E-state index in [9.17, 15) is 0 Å². The van der Waals surface area contributed by atoms with Gasteiger partial charge in [0.05, 0.1) is 12.0 Å². The third-order valence-electron chi connectivity index (χ3n) is 8.01. The van der Waals surface area contributed by atoms with E-state index in [4.69, 9.17) is 26.3 Å². The highest BCUT2D eigenvalue weighted by molar-refractivity contribution is 6.30. The van der Waals surface area contributed by atoms with E-state index in [1.54, 1.807) is 12.5 Å². The van der Waals surface area contributed by atoms with Gasteiger partial charge in [0.2, 0.25) is 0 Å². The maximum atomic E-state index is 6.10. The number of ether oxygens (including phenoxy) is 1. The van der Waals surface area contributed by atoms with Crippen LogP contribution >= 0.6 is 11.6 Å². The van der Waals surface area contributed by atoms with E-state index in [1.165, 1.54) is 0 Å². The number of nitrogens with one attached hydrogen (secondary N) is 2. The number of fused-ring (bicyclic) bond motifs is 2. The predicted octanol–water partition coefficient (Wildman–Crippen LogP) is 8.01. The van der Waals surface area contributed by atoms with Gasteiger partial charge in [-0.25, -0.2) is 24.9 Å². The van der Waals surface area contributed by atoms with Crippen LogP contribution in [0, 0.1) is 6.92 Å². The van der Waals surface area contributed by atoms with E-state index in [1.807, 2.05) is 59.6 Å². The molecule has 0 spiro atoms. The van der Waals surface area contributed by atoms with E-state index in [-0.39, 0.29) is 12.3 Å². The Hall–Kier alpha value is -4.60. The van der Waals surface area contributed by atoms with E-state index < -0.39 is 0 Å². The molecule has 2 aromatic carbocycles. The second-order valence-corrected chi connectivity index (χ2v) is 11.3. The Morgan fingerprint density at radius 3 is 2.60 bits per heavy atom. The van der Waals surface area contributed by atoms with Gasteiger partial charge in [-0.05, 0) is 74.6 Å². The standard InChI is InChI=1S/C33H31ClN8O/c1-20-8-13-25-24(14-16-36-31(25)40-21(2)22-9-11-23(34)12-10-22)28(20)41-32-26(6-5-15-35-32)29-30-33(38-18-37-29)42(19-39-30)27-7-3-4-17-43-27/h5-6,8-16,18-19,21,27H,3-4,7,17H2,1-2H3,(H,35,41)(H,36,40)/t21-,27?/m1/s1. The normalized spacial score (nSPS) is 15.9. The monoisotopic (exact) mass is 590 g/mol. The molecule has 1 aliphatic heterocycles. The Labute approximate surface area is 254 Å². The molecule has 1 saturated heterocycles. The van der Waals surface area contributed by atoms with Gasteiger partial charge in [-0.3, -0.25) is 4.57 Å². The zero-order valence-corrected chi connectivity index (χ0v) is 24.7. The van der Waals surface area contributed by atoms with Crippen LogP contribution in [0.5, 0.6) is 0 Å². The molecule has 0 saturated carbocycles. The number of halogens is 1. The molecule has 5 heterocycles. The fourth-order valence-electron chi connectivity index (χ4n) is 5.70. The fraction of sp³-hybridized carbons (Fsp3) is 0.242. The highest BCUT2D eigenvalue weighted by atomic mass is 35.5. The lowest BCUT2D eigenvalue weighted by Gasteiger charge is -2.23. The summed E-state index contributed by atoms with van der Waals surface area (Å²) in [5.41, 5.74) is 6.19. The first-order valence-corrected chi connectivity index (χ1v) is 14.9. The molecular weight excluding hydrogens is 560 g/mol. The number of pyridine rings is 2. The summed E-state index contributed by atoms with van der Waals surface area (Å²) >= 11 is 6.10. The quantitative estimate of drug-likeness (QED) is 0.193. The molecule has 0 amide bonds. The second kappa shape index (κ2) is 11.6. The van der Waals surface area contributed by atoms with Gasteiger partial charge < -0.3 is 15.4 Å². The Morgan fingerprint density at radius 2 is 1.77 bits per heavy atom. The van der Waals surface area contributed by atoms with Crippen LogP contribution in [-0.2, 0) is 4.74 Å². The summed E-state index contributed by atoms with van der Waals surface area (Å²) in [6.07, 6.45) is 10.1. The van der Waals surface area contributed by atoms with Crippen molar-refractivity contribution in [2.45, 2.75) is 45.4 Å². The number of imidazole rings is 1.